The van der Waals surface area contributed by atoms with Crippen molar-refractivity contribution in [3.05, 3.63) is 0 Å². The fourth-order valence-corrected chi connectivity index (χ4v) is 0.848. The van der Waals surface area contributed by atoms with Gasteiger partial charge in [-0.3, -0.25) is 0 Å². The van der Waals surface area contributed by atoms with Crippen LogP contribution >= 0.6 is 0 Å². The van der Waals surface area contributed by atoms with Gasteiger partial charge in [-0.1, -0.05) is 13.8 Å². The van der Waals surface area contributed by atoms with Crippen LogP contribution in [0.5, 0.6) is 0 Å². The number of nitrogens with one attached hydrogen (secondary N) is 1. The lowest BCUT2D eigenvalue weighted by molar-refractivity contribution is 0.109. The Kier molecular flexibility index (Phi) is 5.46. The van der Waals surface area contributed by atoms with E-state index < -0.39 is 6.09 Å². The van der Waals surface area contributed by atoms with Crippen molar-refractivity contribution in [2.45, 2.75) is 39.2 Å². The molecule has 0 spiro atoms. The SMILES string of the molecule is CCC(C)(CC)NC(=O)OCCO. The minimum atomic E-state index is -0.458. The predicted octanol–water partition coefficient (Wildman–Crippen LogP) is 1.28. The van der Waals surface area contributed by atoms with Gasteiger partial charge in [0.25, 0.3) is 0 Å². The Labute approximate surface area is 79.3 Å². The largest absolute Gasteiger partial charge is 0.447 e. The van der Waals surface area contributed by atoms with Gasteiger partial charge in [0.2, 0.25) is 0 Å². The van der Waals surface area contributed by atoms with Crippen LogP contribution in [0.3, 0.4) is 0 Å². The van der Waals surface area contributed by atoms with Crippen LogP contribution in [0, 0.1) is 0 Å². The van der Waals surface area contributed by atoms with Crippen molar-refractivity contribution in [1.82, 2.24) is 5.32 Å². The van der Waals surface area contributed by atoms with Crippen molar-refractivity contribution in [2.75, 3.05) is 13.2 Å². The zero-order valence-electron chi connectivity index (χ0n) is 8.59. The van der Waals surface area contributed by atoms with Crippen LogP contribution in [-0.4, -0.2) is 30.0 Å². The molecule has 0 atom stereocenters. The fourth-order valence-electron chi connectivity index (χ4n) is 0.848. The Hall–Kier alpha value is -0.770. The van der Waals surface area contributed by atoms with E-state index in [2.05, 4.69) is 5.32 Å². The topological polar surface area (TPSA) is 58.6 Å². The van der Waals surface area contributed by atoms with Gasteiger partial charge < -0.3 is 15.2 Å². The molecule has 0 heterocycles. The molecule has 0 unspecified atom stereocenters. The van der Waals surface area contributed by atoms with Gasteiger partial charge in [0, 0.05) is 5.54 Å². The molecule has 0 rings (SSSR count). The highest BCUT2D eigenvalue weighted by atomic mass is 16.6. The van der Waals surface area contributed by atoms with Crippen LogP contribution in [0.15, 0.2) is 0 Å². The van der Waals surface area contributed by atoms with Crippen LogP contribution in [0.2, 0.25) is 0 Å². The van der Waals surface area contributed by atoms with Crippen LogP contribution < -0.4 is 5.32 Å². The van der Waals surface area contributed by atoms with Gasteiger partial charge in [0.1, 0.15) is 6.61 Å². The lowest BCUT2D eigenvalue weighted by Crippen LogP contribution is -2.45. The molecule has 0 aliphatic carbocycles. The average molecular weight is 189 g/mol. The minimum Gasteiger partial charge on any atom is -0.447 e. The number of hydrogen-bond donors (Lipinski definition) is 2. The second-order valence-electron chi connectivity index (χ2n) is 3.25. The lowest BCUT2D eigenvalue weighted by Gasteiger charge is -2.27. The highest BCUT2D eigenvalue weighted by molar-refractivity contribution is 5.68. The third-order valence-electron chi connectivity index (χ3n) is 2.29. The molecular weight excluding hydrogens is 170 g/mol. The molecule has 13 heavy (non-hydrogen) atoms. The number of amides is 1. The Morgan fingerprint density at radius 2 is 2.00 bits per heavy atom. The second kappa shape index (κ2) is 5.80. The molecule has 0 saturated carbocycles. The van der Waals surface area contributed by atoms with Gasteiger partial charge in [-0.05, 0) is 19.8 Å². The summed E-state index contributed by atoms with van der Waals surface area (Å²) in [5.41, 5.74) is -0.202. The molecule has 0 fully saturated rings. The number of aliphatic hydroxyl groups is 1. The molecule has 0 radical (unpaired) electrons. The summed E-state index contributed by atoms with van der Waals surface area (Å²) in [6.45, 7) is 5.90. The number of hydrogen-bond acceptors (Lipinski definition) is 3. The number of ether oxygens (including phenoxy) is 1. The first-order valence-electron chi connectivity index (χ1n) is 4.63. The molecule has 0 bridgehead atoms. The summed E-state index contributed by atoms with van der Waals surface area (Å²) < 4.78 is 4.69. The molecule has 78 valence electrons. The molecule has 0 saturated heterocycles. The highest BCUT2D eigenvalue weighted by Crippen LogP contribution is 2.13. The summed E-state index contributed by atoms with van der Waals surface area (Å²) in [4.78, 5) is 11.1. The zero-order valence-corrected chi connectivity index (χ0v) is 8.59. The summed E-state index contributed by atoms with van der Waals surface area (Å²) >= 11 is 0. The minimum absolute atomic E-state index is 0.0509. The number of carbonyl (C=O) groups is 1. The van der Waals surface area contributed by atoms with Gasteiger partial charge >= 0.3 is 6.09 Å². The van der Waals surface area contributed by atoms with Crippen molar-refractivity contribution in [3.8, 4) is 0 Å². The lowest BCUT2D eigenvalue weighted by atomic mass is 9.96. The maximum absolute atomic E-state index is 11.1. The van der Waals surface area contributed by atoms with Gasteiger partial charge in [0.05, 0.1) is 6.61 Å². The standard InChI is InChI=1S/C9H19NO3/c1-4-9(3,5-2)10-8(12)13-7-6-11/h11H,4-7H2,1-3H3,(H,10,12). The van der Waals surface area contributed by atoms with Crippen molar-refractivity contribution < 1.29 is 14.6 Å². The quantitative estimate of drug-likeness (QED) is 0.685. The molecule has 2 N–H and O–H groups in total. The molecule has 0 aromatic carbocycles. The number of alkyl carbamates (subject to hydrolysis) is 1. The van der Waals surface area contributed by atoms with E-state index in [-0.39, 0.29) is 18.8 Å². The summed E-state index contributed by atoms with van der Waals surface area (Å²) in [5, 5.41) is 11.2. The molecule has 1 amide bonds. The summed E-state index contributed by atoms with van der Waals surface area (Å²) in [7, 11) is 0. The number of rotatable bonds is 5. The van der Waals surface area contributed by atoms with Gasteiger partial charge in [-0.15, -0.1) is 0 Å². The van der Waals surface area contributed by atoms with E-state index in [0.29, 0.717) is 0 Å². The Bertz CT molecular complexity index is 155. The molecule has 0 aliphatic rings. The third-order valence-corrected chi connectivity index (χ3v) is 2.29. The average Bonchev–Trinajstić information content (AvgIpc) is 2.14. The smallest absolute Gasteiger partial charge is 0.407 e. The monoisotopic (exact) mass is 189 g/mol. The zero-order chi connectivity index (χ0) is 10.3. The van der Waals surface area contributed by atoms with Gasteiger partial charge in [-0.2, -0.15) is 0 Å². The van der Waals surface area contributed by atoms with E-state index in [1.165, 1.54) is 0 Å². The normalized spacial score (nSPS) is 11.1. The fraction of sp³-hybridized carbons (Fsp3) is 0.889. The van der Waals surface area contributed by atoms with E-state index >= 15 is 0 Å². The molecule has 4 heteroatoms. The predicted molar refractivity (Wildman–Crippen MR) is 50.6 cm³/mol. The third kappa shape index (κ3) is 4.72. The molecule has 0 aliphatic heterocycles. The Morgan fingerprint density at radius 1 is 1.46 bits per heavy atom. The maximum Gasteiger partial charge on any atom is 0.407 e. The van der Waals surface area contributed by atoms with E-state index in [1.807, 2.05) is 20.8 Å². The van der Waals surface area contributed by atoms with Crippen LogP contribution in [0.4, 0.5) is 4.79 Å². The van der Waals surface area contributed by atoms with E-state index in [0.717, 1.165) is 12.8 Å². The maximum atomic E-state index is 11.1. The van der Waals surface area contributed by atoms with Crippen molar-refractivity contribution in [2.24, 2.45) is 0 Å². The summed E-state index contributed by atoms with van der Waals surface area (Å²) in [5.74, 6) is 0. The van der Waals surface area contributed by atoms with E-state index in [9.17, 15) is 4.79 Å². The highest BCUT2D eigenvalue weighted by Gasteiger charge is 2.22. The second-order valence-corrected chi connectivity index (χ2v) is 3.25. The van der Waals surface area contributed by atoms with E-state index in [4.69, 9.17) is 9.84 Å². The van der Waals surface area contributed by atoms with Crippen LogP contribution in [0.1, 0.15) is 33.6 Å². The van der Waals surface area contributed by atoms with Crippen LogP contribution in [-0.2, 0) is 4.74 Å². The van der Waals surface area contributed by atoms with Crippen molar-refractivity contribution >= 4 is 6.09 Å². The van der Waals surface area contributed by atoms with Crippen molar-refractivity contribution in [3.63, 3.8) is 0 Å². The van der Waals surface area contributed by atoms with E-state index in [1.54, 1.807) is 0 Å². The molecule has 0 aromatic rings. The van der Waals surface area contributed by atoms with Crippen LogP contribution in [0.25, 0.3) is 0 Å². The van der Waals surface area contributed by atoms with Crippen molar-refractivity contribution in [1.29, 1.82) is 0 Å². The summed E-state index contributed by atoms with van der Waals surface area (Å²) in [6, 6.07) is 0. The first kappa shape index (κ1) is 12.2. The molecular formula is C9H19NO3. The first-order valence-corrected chi connectivity index (χ1v) is 4.63. The van der Waals surface area contributed by atoms with Gasteiger partial charge in [0.15, 0.2) is 0 Å². The Balaban J connectivity index is 3.87. The molecule has 4 nitrogen and oxygen atoms in total. The molecule has 0 aromatic heterocycles. The number of aliphatic hydroxyl groups excluding tert-OH is 1. The number of carbonyl (C=O) groups excluding carboxylic acids is 1. The first-order chi connectivity index (χ1) is 6.08. The van der Waals surface area contributed by atoms with Gasteiger partial charge in [-0.25, -0.2) is 4.79 Å². The summed E-state index contributed by atoms with van der Waals surface area (Å²) in [6.07, 6.45) is 1.26. The Morgan fingerprint density at radius 3 is 2.38 bits per heavy atom.